The molecule has 0 aliphatic rings. The van der Waals surface area contributed by atoms with Gasteiger partial charge in [-0.05, 0) is 57.8 Å². The van der Waals surface area contributed by atoms with Crippen molar-refractivity contribution in [3.05, 3.63) is 36.5 Å². The summed E-state index contributed by atoms with van der Waals surface area (Å²) in [6, 6.07) is 0. The zero-order chi connectivity index (χ0) is 58.5. The molecule has 0 aromatic rings. The van der Waals surface area contributed by atoms with Crippen molar-refractivity contribution >= 4 is 17.9 Å². The standard InChI is InChI=1S/C75H140O6/c1-4-7-10-13-16-19-22-25-28-30-32-34-36-37-39-40-42-44-47-50-53-56-59-62-65-68-74(77)80-71-72(70-79-73(76)67-64-61-58-55-52-49-46-27-24-21-18-15-12-9-6-3)81-75(78)69-66-63-60-57-54-51-48-45-43-41-38-35-33-31-29-26-23-20-17-14-11-8-5-2/h23,26,31,33,38,41,72H,4-22,24-25,27-30,32,34-37,39-40,42-71H2,1-3H3/b26-23-,33-31-,41-38-. The predicted molar refractivity (Wildman–Crippen MR) is 353 cm³/mol. The molecule has 0 fully saturated rings. The maximum absolute atomic E-state index is 13.0. The molecule has 0 amide bonds. The Morgan fingerprint density at radius 3 is 0.691 bits per heavy atom. The summed E-state index contributed by atoms with van der Waals surface area (Å²) in [6.45, 7) is 6.71. The molecular formula is C75H140O6. The van der Waals surface area contributed by atoms with Crippen LogP contribution in [-0.2, 0) is 28.6 Å². The molecule has 6 nitrogen and oxygen atoms in total. The summed E-state index contributed by atoms with van der Waals surface area (Å²) in [5, 5.41) is 0. The zero-order valence-corrected chi connectivity index (χ0v) is 54.8. The summed E-state index contributed by atoms with van der Waals surface area (Å²) < 4.78 is 17.0. The van der Waals surface area contributed by atoms with Crippen molar-refractivity contribution in [1.29, 1.82) is 0 Å². The fourth-order valence-corrected chi connectivity index (χ4v) is 11.2. The molecule has 0 rings (SSSR count). The van der Waals surface area contributed by atoms with Crippen molar-refractivity contribution in [2.45, 2.75) is 412 Å². The van der Waals surface area contributed by atoms with Crippen LogP contribution in [0.3, 0.4) is 0 Å². The van der Waals surface area contributed by atoms with Crippen molar-refractivity contribution in [1.82, 2.24) is 0 Å². The monoisotopic (exact) mass is 1140 g/mol. The molecular weight excluding hydrogens is 997 g/mol. The molecule has 0 bridgehead atoms. The second-order valence-electron chi connectivity index (χ2n) is 24.9. The van der Waals surface area contributed by atoms with Crippen LogP contribution in [-0.4, -0.2) is 37.2 Å². The fraction of sp³-hybridized carbons (Fsp3) is 0.880. The van der Waals surface area contributed by atoms with E-state index in [0.717, 1.165) is 77.0 Å². The molecule has 1 atom stereocenters. The minimum Gasteiger partial charge on any atom is -0.462 e. The van der Waals surface area contributed by atoms with Gasteiger partial charge in [-0.25, -0.2) is 0 Å². The number of rotatable bonds is 68. The van der Waals surface area contributed by atoms with Gasteiger partial charge in [0.05, 0.1) is 0 Å². The van der Waals surface area contributed by atoms with Crippen molar-refractivity contribution in [3.63, 3.8) is 0 Å². The van der Waals surface area contributed by atoms with E-state index in [0.29, 0.717) is 19.3 Å². The van der Waals surface area contributed by atoms with Gasteiger partial charge in [0.15, 0.2) is 6.10 Å². The summed E-state index contributed by atoms with van der Waals surface area (Å²) in [5.74, 6) is -0.844. The first-order valence-electron chi connectivity index (χ1n) is 36.5. The van der Waals surface area contributed by atoms with Crippen LogP contribution < -0.4 is 0 Å². The highest BCUT2D eigenvalue weighted by molar-refractivity contribution is 5.71. The highest BCUT2D eigenvalue weighted by Crippen LogP contribution is 2.19. The second kappa shape index (κ2) is 70.1. The van der Waals surface area contributed by atoms with Crippen LogP contribution in [0.4, 0.5) is 0 Å². The van der Waals surface area contributed by atoms with E-state index in [1.165, 1.54) is 289 Å². The number of esters is 3. The average Bonchev–Trinajstić information content (AvgIpc) is 3.47. The summed E-state index contributed by atoms with van der Waals surface area (Å²) >= 11 is 0. The number of ether oxygens (including phenoxy) is 3. The van der Waals surface area contributed by atoms with Gasteiger partial charge in [-0.15, -0.1) is 0 Å². The zero-order valence-electron chi connectivity index (χ0n) is 54.8. The van der Waals surface area contributed by atoms with Gasteiger partial charge in [-0.3, -0.25) is 14.4 Å². The van der Waals surface area contributed by atoms with Crippen LogP contribution in [0.15, 0.2) is 36.5 Å². The van der Waals surface area contributed by atoms with Crippen molar-refractivity contribution in [3.8, 4) is 0 Å². The Labute approximate surface area is 506 Å². The number of carbonyl (C=O) groups excluding carboxylic acids is 3. The minimum absolute atomic E-state index is 0.0691. The smallest absolute Gasteiger partial charge is 0.306 e. The van der Waals surface area contributed by atoms with Crippen molar-refractivity contribution < 1.29 is 28.6 Å². The van der Waals surface area contributed by atoms with Gasteiger partial charge in [-0.2, -0.15) is 0 Å². The summed E-state index contributed by atoms with van der Waals surface area (Å²) in [6.07, 6.45) is 87.5. The number of carbonyl (C=O) groups is 3. The lowest BCUT2D eigenvalue weighted by Gasteiger charge is -2.18. The molecule has 0 saturated heterocycles. The maximum Gasteiger partial charge on any atom is 0.306 e. The van der Waals surface area contributed by atoms with E-state index in [1.54, 1.807) is 0 Å². The number of hydrogen-bond acceptors (Lipinski definition) is 6. The molecule has 0 aliphatic carbocycles. The van der Waals surface area contributed by atoms with Gasteiger partial charge in [0.2, 0.25) is 0 Å². The molecule has 0 aliphatic heterocycles. The van der Waals surface area contributed by atoms with Crippen LogP contribution in [0.2, 0.25) is 0 Å². The lowest BCUT2D eigenvalue weighted by Crippen LogP contribution is -2.30. The lowest BCUT2D eigenvalue weighted by molar-refractivity contribution is -0.167. The highest BCUT2D eigenvalue weighted by Gasteiger charge is 2.19. The highest BCUT2D eigenvalue weighted by atomic mass is 16.6. The quantitative estimate of drug-likeness (QED) is 0.0261. The molecule has 1 unspecified atom stereocenters. The maximum atomic E-state index is 13.0. The Hall–Kier alpha value is -2.37. The third kappa shape index (κ3) is 68.3. The Balaban J connectivity index is 4.27. The SMILES string of the molecule is CCCCCCC/C=C\C/C=C\C/C=C\CCCCCCCCCCC(=O)OC(COC(=O)CCCCCCCCCCCCCCCCC)COC(=O)CCCCCCCCCCCCCCCCCCCCCCCCCCC. The molecule has 81 heavy (non-hydrogen) atoms. The van der Waals surface area contributed by atoms with E-state index in [9.17, 15) is 14.4 Å². The van der Waals surface area contributed by atoms with Gasteiger partial charge < -0.3 is 14.2 Å². The normalized spacial score (nSPS) is 12.2. The van der Waals surface area contributed by atoms with Gasteiger partial charge in [0.1, 0.15) is 13.2 Å². The average molecular weight is 1140 g/mol. The van der Waals surface area contributed by atoms with E-state index in [2.05, 4.69) is 57.2 Å². The Bertz CT molecular complexity index is 1350. The molecule has 476 valence electrons. The molecule has 6 heteroatoms. The first kappa shape index (κ1) is 78.6. The van der Waals surface area contributed by atoms with Gasteiger partial charge in [-0.1, -0.05) is 365 Å². The third-order valence-electron chi connectivity index (χ3n) is 16.6. The molecule has 0 N–H and O–H groups in total. The van der Waals surface area contributed by atoms with E-state index in [1.807, 2.05) is 0 Å². The largest absolute Gasteiger partial charge is 0.462 e. The molecule has 0 radical (unpaired) electrons. The minimum atomic E-state index is -0.774. The van der Waals surface area contributed by atoms with E-state index in [4.69, 9.17) is 14.2 Å². The van der Waals surface area contributed by atoms with Gasteiger partial charge in [0.25, 0.3) is 0 Å². The second-order valence-corrected chi connectivity index (χ2v) is 24.9. The van der Waals surface area contributed by atoms with Crippen molar-refractivity contribution in [2.75, 3.05) is 13.2 Å². The van der Waals surface area contributed by atoms with Crippen LogP contribution in [0.1, 0.15) is 406 Å². The van der Waals surface area contributed by atoms with Crippen LogP contribution in [0.5, 0.6) is 0 Å². The Kier molecular flexibility index (Phi) is 68.1. The summed E-state index contributed by atoms with van der Waals surface area (Å²) in [7, 11) is 0. The van der Waals surface area contributed by atoms with Gasteiger partial charge in [0, 0.05) is 19.3 Å². The molecule has 0 heterocycles. The van der Waals surface area contributed by atoms with E-state index >= 15 is 0 Å². The predicted octanol–water partition coefficient (Wildman–Crippen LogP) is 25.1. The molecule has 0 spiro atoms. The molecule has 0 aromatic heterocycles. The number of hydrogen-bond donors (Lipinski definition) is 0. The molecule has 0 aromatic carbocycles. The topological polar surface area (TPSA) is 78.9 Å². The van der Waals surface area contributed by atoms with Crippen LogP contribution in [0.25, 0.3) is 0 Å². The first-order chi connectivity index (χ1) is 40.0. The summed E-state index contributed by atoms with van der Waals surface area (Å²) in [4.78, 5) is 38.5. The third-order valence-corrected chi connectivity index (χ3v) is 16.6. The Morgan fingerprint density at radius 2 is 0.444 bits per heavy atom. The summed E-state index contributed by atoms with van der Waals surface area (Å²) in [5.41, 5.74) is 0. The number of allylic oxidation sites excluding steroid dienone is 6. The van der Waals surface area contributed by atoms with Crippen LogP contribution >= 0.6 is 0 Å². The fourth-order valence-electron chi connectivity index (χ4n) is 11.2. The van der Waals surface area contributed by atoms with E-state index < -0.39 is 6.10 Å². The van der Waals surface area contributed by atoms with Gasteiger partial charge >= 0.3 is 17.9 Å². The van der Waals surface area contributed by atoms with E-state index in [-0.39, 0.29) is 31.1 Å². The molecule has 0 saturated carbocycles. The van der Waals surface area contributed by atoms with Crippen LogP contribution in [0, 0.1) is 0 Å². The lowest BCUT2D eigenvalue weighted by atomic mass is 10.0. The first-order valence-corrected chi connectivity index (χ1v) is 36.5. The van der Waals surface area contributed by atoms with Crippen molar-refractivity contribution in [2.24, 2.45) is 0 Å². The number of unbranched alkanes of at least 4 members (excludes halogenated alkanes) is 51. The Morgan fingerprint density at radius 1 is 0.247 bits per heavy atom.